The van der Waals surface area contributed by atoms with E-state index in [0.717, 1.165) is 83.5 Å². The highest BCUT2D eigenvalue weighted by molar-refractivity contribution is 5.85. The van der Waals surface area contributed by atoms with Crippen molar-refractivity contribution in [2.75, 3.05) is 40.4 Å². The van der Waals surface area contributed by atoms with Crippen LogP contribution in [0, 0.1) is 40.4 Å². The molecule has 12 nitrogen and oxygen atoms in total. The Morgan fingerprint density at radius 2 is 1.19 bits per heavy atom. The minimum Gasteiger partial charge on any atom is -0.497 e. The molecule has 0 amide bonds. The second kappa shape index (κ2) is 18.5. The molecule has 62 heavy (non-hydrogen) atoms. The molecule has 8 heterocycles. The number of ether oxygens (including phenoxy) is 2. The molecule has 6 saturated heterocycles. The Hall–Kier alpha value is -4.88. The van der Waals surface area contributed by atoms with E-state index in [2.05, 4.69) is 45.1 Å². The SMILES string of the molecule is C=C[C@H]1CN2CC[C@H]1C[C@H]2[C@H](O)c1ccnc2ccc(OC)cc12.C=C[C@H]1CN2CC[C@H]1C[C@H]2[C@H](O)c1ccnc2ccc(OC)cc12.CC1(C)[C@@H](C(=O)O)CC[C@@]1(C)C(=O)O. The van der Waals surface area contributed by atoms with Crippen LogP contribution in [0.5, 0.6) is 11.5 Å². The molecular formula is C50H64N4O8. The van der Waals surface area contributed by atoms with Crippen LogP contribution in [-0.4, -0.2) is 105 Å². The number of carboxylic acid groups (broad SMARTS) is 2. The molecule has 0 radical (unpaired) electrons. The minimum absolute atomic E-state index is 0.178. The van der Waals surface area contributed by atoms with E-state index in [9.17, 15) is 19.8 Å². The molecule has 7 fully saturated rings. The number of nitrogens with zero attached hydrogens (tertiary/aromatic N) is 4. The standard InChI is InChI=1S/2C20H24N2O2.C10H16O4/c2*1-3-13-12-22-9-7-14(13)10-19(22)20(23)16-6-8-21-18-5-4-15(24-2)11-17(16)18;1-9(2)6(7(11)12)4-5-10(9,3)8(13)14/h2*3-6,8,11,13-14,19-20,23H,1,7,9-10,12H2,2H3;6H,4-5H2,1-3H3,(H,11,12)(H,13,14)/t2*13-,14-,19-,20+;6-,10+/m001/s1. The van der Waals surface area contributed by atoms with E-state index in [1.165, 1.54) is 12.8 Å². The number of carbonyl (C=O) groups is 2. The lowest BCUT2D eigenvalue weighted by atomic mass is 9.66. The summed E-state index contributed by atoms with van der Waals surface area (Å²) in [6.45, 7) is 17.2. The normalized spacial score (nSPS) is 31.4. The van der Waals surface area contributed by atoms with E-state index in [4.69, 9.17) is 19.7 Å². The number of methoxy groups -OCH3 is 2. The van der Waals surface area contributed by atoms with Gasteiger partial charge in [0.15, 0.2) is 0 Å². The number of aliphatic carboxylic acids is 2. The fraction of sp³-hybridized carbons (Fsp3) is 0.520. The van der Waals surface area contributed by atoms with Crippen LogP contribution in [0.15, 0.2) is 86.2 Å². The van der Waals surface area contributed by atoms with Crippen molar-refractivity contribution in [3.8, 4) is 11.5 Å². The van der Waals surface area contributed by atoms with Crippen LogP contribution in [0.4, 0.5) is 0 Å². The Bertz CT molecular complexity index is 2150. The smallest absolute Gasteiger partial charge is 0.309 e. The van der Waals surface area contributed by atoms with Crippen LogP contribution in [0.25, 0.3) is 21.8 Å². The number of aliphatic hydroxyl groups is 2. The Labute approximate surface area is 365 Å². The van der Waals surface area contributed by atoms with Gasteiger partial charge in [-0.05, 0) is 147 Å². The van der Waals surface area contributed by atoms with E-state index in [0.29, 0.717) is 36.5 Å². The third-order valence-corrected chi connectivity index (χ3v) is 15.6. The third kappa shape index (κ3) is 8.46. The summed E-state index contributed by atoms with van der Waals surface area (Å²) < 4.78 is 10.7. The first-order valence-corrected chi connectivity index (χ1v) is 22.1. The summed E-state index contributed by atoms with van der Waals surface area (Å²) in [6.07, 6.45) is 12.1. The first-order chi connectivity index (χ1) is 29.6. The molecule has 2 aromatic heterocycles. The zero-order chi connectivity index (χ0) is 44.5. The maximum atomic E-state index is 11.2. The average Bonchev–Trinajstić information content (AvgIpc) is 3.56. The number of hydrogen-bond donors (Lipinski definition) is 4. The van der Waals surface area contributed by atoms with Crippen LogP contribution in [0.3, 0.4) is 0 Å². The number of rotatable bonds is 10. The second-order valence-corrected chi connectivity index (χ2v) is 18.7. The zero-order valence-corrected chi connectivity index (χ0v) is 36.8. The summed E-state index contributed by atoms with van der Waals surface area (Å²) in [5.41, 5.74) is 2.08. The van der Waals surface area contributed by atoms with Crippen molar-refractivity contribution in [2.24, 2.45) is 40.4 Å². The maximum Gasteiger partial charge on any atom is 0.309 e. The number of carboxylic acids is 2. The topological polar surface area (TPSA) is 166 Å². The fourth-order valence-electron chi connectivity index (χ4n) is 11.2. The van der Waals surface area contributed by atoms with Crippen molar-refractivity contribution < 1.29 is 39.5 Å². The molecule has 4 N–H and O–H groups in total. The van der Waals surface area contributed by atoms with Gasteiger partial charge in [-0.1, -0.05) is 26.0 Å². The van der Waals surface area contributed by atoms with E-state index >= 15 is 0 Å². The molecule has 0 spiro atoms. The average molecular weight is 849 g/mol. The van der Waals surface area contributed by atoms with Gasteiger partial charge in [-0.2, -0.15) is 0 Å². The van der Waals surface area contributed by atoms with Crippen molar-refractivity contribution in [3.63, 3.8) is 0 Å². The minimum atomic E-state index is -0.921. The summed E-state index contributed by atoms with van der Waals surface area (Å²) >= 11 is 0. The highest BCUT2D eigenvalue weighted by Gasteiger charge is 2.58. The molecule has 2 unspecified atom stereocenters. The molecule has 11 rings (SSSR count). The van der Waals surface area contributed by atoms with Crippen molar-refractivity contribution in [1.82, 2.24) is 19.8 Å². The Balaban J connectivity index is 0.000000146. The number of benzene rings is 2. The van der Waals surface area contributed by atoms with Crippen molar-refractivity contribution in [1.29, 1.82) is 0 Å². The molecule has 7 aliphatic rings. The molecule has 1 aliphatic carbocycles. The van der Waals surface area contributed by atoms with Gasteiger partial charge in [0, 0.05) is 48.3 Å². The zero-order valence-electron chi connectivity index (χ0n) is 36.8. The lowest BCUT2D eigenvalue weighted by Gasteiger charge is -2.50. The molecule has 332 valence electrons. The Morgan fingerprint density at radius 3 is 1.52 bits per heavy atom. The van der Waals surface area contributed by atoms with Gasteiger partial charge in [-0.15, -0.1) is 13.2 Å². The van der Waals surface area contributed by atoms with Crippen molar-refractivity contribution in [3.05, 3.63) is 97.4 Å². The highest BCUT2D eigenvalue weighted by atomic mass is 16.5. The van der Waals surface area contributed by atoms with E-state index in [1.54, 1.807) is 47.4 Å². The Kier molecular flexibility index (Phi) is 13.4. The van der Waals surface area contributed by atoms with Crippen LogP contribution in [0.1, 0.15) is 82.6 Å². The van der Waals surface area contributed by atoms with Gasteiger partial charge in [0.1, 0.15) is 11.5 Å². The summed E-state index contributed by atoms with van der Waals surface area (Å²) in [7, 11) is 3.32. The van der Waals surface area contributed by atoms with Crippen molar-refractivity contribution in [2.45, 2.75) is 83.6 Å². The first-order valence-electron chi connectivity index (χ1n) is 22.1. The molecule has 1 saturated carbocycles. The molecule has 2 aromatic carbocycles. The van der Waals surface area contributed by atoms with Crippen LogP contribution < -0.4 is 9.47 Å². The largest absolute Gasteiger partial charge is 0.497 e. The lowest BCUT2D eigenvalue weighted by Crippen LogP contribution is -2.54. The third-order valence-electron chi connectivity index (χ3n) is 15.6. The fourth-order valence-corrected chi connectivity index (χ4v) is 11.2. The quantitative estimate of drug-likeness (QED) is 0.114. The number of pyridine rings is 2. The summed E-state index contributed by atoms with van der Waals surface area (Å²) in [4.78, 5) is 35.8. The summed E-state index contributed by atoms with van der Waals surface area (Å²) in [5.74, 6) is 1.68. The lowest BCUT2D eigenvalue weighted by molar-refractivity contribution is -0.157. The van der Waals surface area contributed by atoms with Gasteiger partial charge in [0.05, 0.1) is 48.8 Å². The number of piperidine rings is 6. The van der Waals surface area contributed by atoms with E-state index in [1.807, 2.05) is 48.5 Å². The molecule has 4 bridgehead atoms. The van der Waals surface area contributed by atoms with Crippen molar-refractivity contribution >= 4 is 33.7 Å². The van der Waals surface area contributed by atoms with Crippen LogP contribution in [0.2, 0.25) is 0 Å². The molecule has 12 heteroatoms. The number of hydrogen-bond acceptors (Lipinski definition) is 10. The van der Waals surface area contributed by atoms with Gasteiger partial charge in [0.2, 0.25) is 0 Å². The highest BCUT2D eigenvalue weighted by Crippen LogP contribution is 2.56. The maximum absolute atomic E-state index is 11.2. The molecule has 12 atom stereocenters. The van der Waals surface area contributed by atoms with Gasteiger partial charge in [-0.25, -0.2) is 0 Å². The first kappa shape index (κ1) is 45.2. The monoisotopic (exact) mass is 848 g/mol. The Morgan fingerprint density at radius 1 is 0.742 bits per heavy atom. The molecule has 6 aliphatic heterocycles. The molecule has 4 aromatic rings. The molecular weight excluding hydrogens is 785 g/mol. The summed E-state index contributed by atoms with van der Waals surface area (Å²) in [5, 5.41) is 42.3. The predicted octanol–water partition coefficient (Wildman–Crippen LogP) is 7.94. The van der Waals surface area contributed by atoms with Gasteiger partial charge in [0.25, 0.3) is 0 Å². The van der Waals surface area contributed by atoms with Gasteiger partial charge < -0.3 is 29.9 Å². The second-order valence-electron chi connectivity index (χ2n) is 18.7. The van der Waals surface area contributed by atoms with E-state index < -0.39 is 40.9 Å². The number of aliphatic hydroxyl groups excluding tert-OH is 2. The van der Waals surface area contributed by atoms with Crippen LogP contribution in [-0.2, 0) is 9.59 Å². The summed E-state index contributed by atoms with van der Waals surface area (Å²) in [6, 6.07) is 15.9. The number of aromatic nitrogens is 2. The number of fused-ring (bicyclic) bond motifs is 8. The van der Waals surface area contributed by atoms with Gasteiger partial charge >= 0.3 is 11.9 Å². The van der Waals surface area contributed by atoms with Crippen LogP contribution >= 0.6 is 0 Å². The van der Waals surface area contributed by atoms with E-state index in [-0.39, 0.29) is 12.1 Å². The predicted molar refractivity (Wildman–Crippen MR) is 240 cm³/mol. The van der Waals surface area contributed by atoms with Gasteiger partial charge in [-0.3, -0.25) is 29.4 Å².